The van der Waals surface area contributed by atoms with Crippen molar-refractivity contribution in [2.75, 3.05) is 11.9 Å². The smallest absolute Gasteiger partial charge is 0.337 e. The van der Waals surface area contributed by atoms with Gasteiger partial charge < -0.3 is 16.2 Å². The normalized spacial score (nSPS) is 21.8. The monoisotopic (exact) mass is 310 g/mol. The van der Waals surface area contributed by atoms with Crippen LogP contribution in [0.5, 0.6) is 0 Å². The van der Waals surface area contributed by atoms with E-state index in [4.69, 9.17) is 22.4 Å². The molecule has 1 fully saturated rings. The lowest BCUT2D eigenvalue weighted by Gasteiger charge is -2.29. The van der Waals surface area contributed by atoms with Gasteiger partial charge in [-0.25, -0.2) is 4.79 Å². The van der Waals surface area contributed by atoms with Crippen molar-refractivity contribution < 1.29 is 14.7 Å². The molecule has 0 heterocycles. The number of anilines is 1. The van der Waals surface area contributed by atoms with Crippen LogP contribution < -0.4 is 11.1 Å². The van der Waals surface area contributed by atoms with Gasteiger partial charge in [0.25, 0.3) is 0 Å². The summed E-state index contributed by atoms with van der Waals surface area (Å²) >= 11 is 5.90. The van der Waals surface area contributed by atoms with Gasteiger partial charge in [0.05, 0.1) is 10.6 Å². The van der Waals surface area contributed by atoms with Crippen LogP contribution in [0.25, 0.3) is 0 Å². The first-order valence-electron chi connectivity index (χ1n) is 7.06. The van der Waals surface area contributed by atoms with Crippen LogP contribution in [0.1, 0.15) is 36.0 Å². The molecule has 0 saturated heterocycles. The van der Waals surface area contributed by atoms with Crippen molar-refractivity contribution in [3.63, 3.8) is 0 Å². The third-order valence-corrected chi connectivity index (χ3v) is 4.33. The zero-order valence-corrected chi connectivity index (χ0v) is 12.4. The fourth-order valence-corrected chi connectivity index (χ4v) is 3.10. The number of benzene rings is 1. The Morgan fingerprint density at radius 1 is 1.33 bits per heavy atom. The van der Waals surface area contributed by atoms with E-state index in [1.807, 2.05) is 0 Å². The number of hydrogen-bond acceptors (Lipinski definition) is 3. The molecule has 1 aliphatic carbocycles. The summed E-state index contributed by atoms with van der Waals surface area (Å²) in [6.45, 7) is 0.511. The summed E-state index contributed by atoms with van der Waals surface area (Å²) in [6.07, 6.45) is 3.97. The third-order valence-electron chi connectivity index (χ3n) is 4.02. The highest BCUT2D eigenvalue weighted by molar-refractivity contribution is 6.33. The lowest BCUT2D eigenvalue weighted by Crippen LogP contribution is -2.35. The number of halogens is 1. The number of rotatable bonds is 4. The van der Waals surface area contributed by atoms with Gasteiger partial charge in [-0.2, -0.15) is 0 Å². The van der Waals surface area contributed by atoms with Crippen LogP contribution in [0.15, 0.2) is 18.2 Å². The predicted octanol–water partition coefficient (Wildman–Crippen LogP) is 2.74. The zero-order valence-electron chi connectivity index (χ0n) is 11.6. The van der Waals surface area contributed by atoms with Crippen molar-refractivity contribution in [2.24, 2.45) is 17.6 Å². The van der Waals surface area contributed by atoms with E-state index in [2.05, 4.69) is 5.32 Å². The Balaban J connectivity index is 2.08. The molecule has 2 rings (SSSR count). The molecule has 1 aliphatic rings. The summed E-state index contributed by atoms with van der Waals surface area (Å²) in [5.41, 5.74) is 6.27. The number of nitrogens with one attached hydrogen (secondary N) is 1. The molecule has 1 saturated carbocycles. The van der Waals surface area contributed by atoms with Gasteiger partial charge in [0.2, 0.25) is 5.91 Å². The second-order valence-corrected chi connectivity index (χ2v) is 5.78. The Kier molecular flexibility index (Phi) is 5.20. The van der Waals surface area contributed by atoms with Crippen molar-refractivity contribution in [2.45, 2.75) is 25.7 Å². The van der Waals surface area contributed by atoms with Crippen molar-refractivity contribution in [1.29, 1.82) is 0 Å². The number of carboxylic acids is 1. The highest BCUT2D eigenvalue weighted by atomic mass is 35.5. The first-order valence-corrected chi connectivity index (χ1v) is 7.44. The van der Waals surface area contributed by atoms with Crippen LogP contribution in [0.2, 0.25) is 5.02 Å². The Morgan fingerprint density at radius 3 is 2.67 bits per heavy atom. The first-order chi connectivity index (χ1) is 10.0. The van der Waals surface area contributed by atoms with Gasteiger partial charge in [-0.1, -0.05) is 24.4 Å². The van der Waals surface area contributed by atoms with Crippen molar-refractivity contribution in [3.05, 3.63) is 28.8 Å². The van der Waals surface area contributed by atoms with E-state index in [-0.39, 0.29) is 28.3 Å². The number of nitrogens with two attached hydrogens (primary N) is 1. The van der Waals surface area contributed by atoms with Gasteiger partial charge in [0.15, 0.2) is 0 Å². The second-order valence-electron chi connectivity index (χ2n) is 5.38. The Hall–Kier alpha value is -1.59. The molecule has 4 N–H and O–H groups in total. The van der Waals surface area contributed by atoms with Crippen LogP contribution in [-0.2, 0) is 4.79 Å². The third kappa shape index (κ3) is 3.74. The van der Waals surface area contributed by atoms with Gasteiger partial charge in [-0.15, -0.1) is 0 Å². The molecule has 0 aliphatic heterocycles. The average molecular weight is 311 g/mol. The van der Waals surface area contributed by atoms with Crippen LogP contribution in [-0.4, -0.2) is 23.5 Å². The van der Waals surface area contributed by atoms with Crippen LogP contribution in [0.3, 0.4) is 0 Å². The van der Waals surface area contributed by atoms with Gasteiger partial charge in [-0.3, -0.25) is 4.79 Å². The molecule has 0 spiro atoms. The summed E-state index contributed by atoms with van der Waals surface area (Å²) < 4.78 is 0. The van der Waals surface area contributed by atoms with E-state index in [1.54, 1.807) is 6.07 Å². The number of hydrogen-bond donors (Lipinski definition) is 3. The van der Waals surface area contributed by atoms with Crippen molar-refractivity contribution in [3.8, 4) is 0 Å². The molecule has 114 valence electrons. The molecule has 21 heavy (non-hydrogen) atoms. The number of aromatic carboxylic acids is 1. The van der Waals surface area contributed by atoms with E-state index >= 15 is 0 Å². The minimum atomic E-state index is -1.09. The second kappa shape index (κ2) is 6.91. The van der Waals surface area contributed by atoms with Crippen molar-refractivity contribution >= 4 is 29.2 Å². The van der Waals surface area contributed by atoms with Crippen LogP contribution in [0.4, 0.5) is 5.69 Å². The Morgan fingerprint density at radius 2 is 2.05 bits per heavy atom. The molecule has 1 aromatic carbocycles. The number of amides is 1. The summed E-state index contributed by atoms with van der Waals surface area (Å²) in [6, 6.07) is 4.40. The predicted molar refractivity (Wildman–Crippen MR) is 81.5 cm³/mol. The highest BCUT2D eigenvalue weighted by Crippen LogP contribution is 2.30. The molecule has 1 amide bonds. The minimum absolute atomic E-state index is 0.0205. The molecule has 0 radical (unpaired) electrons. The van der Waals surface area contributed by atoms with Gasteiger partial charge in [0, 0.05) is 11.6 Å². The number of carbonyl (C=O) groups excluding carboxylic acids is 1. The average Bonchev–Trinajstić information content (AvgIpc) is 2.46. The minimum Gasteiger partial charge on any atom is -0.478 e. The SMILES string of the molecule is NCC1CCCCC1C(=O)Nc1ccc(C(=O)O)c(Cl)c1. The molecule has 5 nitrogen and oxygen atoms in total. The summed E-state index contributed by atoms with van der Waals surface area (Å²) in [7, 11) is 0. The molecule has 2 unspecified atom stereocenters. The van der Waals surface area contributed by atoms with E-state index in [1.165, 1.54) is 12.1 Å². The summed E-state index contributed by atoms with van der Waals surface area (Å²) in [4.78, 5) is 23.2. The fraction of sp³-hybridized carbons (Fsp3) is 0.467. The summed E-state index contributed by atoms with van der Waals surface area (Å²) in [5, 5.41) is 11.8. The van der Waals surface area contributed by atoms with E-state index in [9.17, 15) is 9.59 Å². The summed E-state index contributed by atoms with van der Waals surface area (Å²) in [5.74, 6) is -1.02. The maximum absolute atomic E-state index is 12.3. The molecular weight excluding hydrogens is 292 g/mol. The van der Waals surface area contributed by atoms with Gasteiger partial charge >= 0.3 is 5.97 Å². The molecule has 1 aromatic rings. The molecule has 6 heteroatoms. The lowest BCUT2D eigenvalue weighted by atomic mass is 9.78. The van der Waals surface area contributed by atoms with Crippen LogP contribution in [0, 0.1) is 11.8 Å². The maximum Gasteiger partial charge on any atom is 0.337 e. The standard InChI is InChI=1S/C15H19ClN2O3/c16-13-7-10(5-6-12(13)15(20)21)18-14(19)11-4-2-1-3-9(11)8-17/h5-7,9,11H,1-4,8,17H2,(H,18,19)(H,20,21). The number of carboxylic acid groups (broad SMARTS) is 1. The van der Waals surface area contributed by atoms with E-state index < -0.39 is 5.97 Å². The van der Waals surface area contributed by atoms with E-state index in [0.29, 0.717) is 12.2 Å². The van der Waals surface area contributed by atoms with Gasteiger partial charge in [-0.05, 0) is 43.5 Å². The highest BCUT2D eigenvalue weighted by Gasteiger charge is 2.30. The Bertz CT molecular complexity index is 548. The number of carbonyl (C=O) groups is 2. The lowest BCUT2D eigenvalue weighted by molar-refractivity contribution is -0.122. The first kappa shape index (κ1) is 15.8. The zero-order chi connectivity index (χ0) is 15.4. The largest absolute Gasteiger partial charge is 0.478 e. The van der Waals surface area contributed by atoms with Gasteiger partial charge in [0.1, 0.15) is 0 Å². The van der Waals surface area contributed by atoms with Crippen molar-refractivity contribution in [1.82, 2.24) is 0 Å². The molecule has 2 atom stereocenters. The van der Waals surface area contributed by atoms with E-state index in [0.717, 1.165) is 25.7 Å². The van der Waals surface area contributed by atoms with Crippen LogP contribution >= 0.6 is 11.6 Å². The molecule has 0 aromatic heterocycles. The molecular formula is C15H19ClN2O3. The molecule has 0 bridgehead atoms. The topological polar surface area (TPSA) is 92.4 Å². The fourth-order valence-electron chi connectivity index (χ4n) is 2.84. The Labute approximate surface area is 128 Å². The maximum atomic E-state index is 12.3. The quantitative estimate of drug-likeness (QED) is 0.797.